The second-order valence-corrected chi connectivity index (χ2v) is 4.92. The predicted octanol–water partition coefficient (Wildman–Crippen LogP) is 4.19. The summed E-state index contributed by atoms with van der Waals surface area (Å²) in [7, 11) is 0. The molecule has 0 unspecified atom stereocenters. The minimum Gasteiger partial charge on any atom is -0.197 e. The van der Waals surface area contributed by atoms with Crippen molar-refractivity contribution in [1.82, 2.24) is 4.37 Å². The van der Waals surface area contributed by atoms with Crippen molar-refractivity contribution in [3.8, 4) is 10.4 Å². The Morgan fingerprint density at radius 3 is 2.64 bits per heavy atom. The number of aromatic nitrogens is 1. The van der Waals surface area contributed by atoms with E-state index in [2.05, 4.69) is 39.4 Å². The van der Waals surface area contributed by atoms with Gasteiger partial charge in [0.05, 0.1) is 10.6 Å². The van der Waals surface area contributed by atoms with E-state index in [0.29, 0.717) is 0 Å². The average molecular weight is 268 g/mol. The Morgan fingerprint density at radius 1 is 1.29 bits per heavy atom. The molecule has 0 aliphatic heterocycles. The maximum absolute atomic E-state index is 4.35. The first-order valence-corrected chi connectivity index (χ1v) is 5.94. The van der Waals surface area contributed by atoms with Crippen LogP contribution in [0.15, 0.2) is 28.7 Å². The van der Waals surface area contributed by atoms with Gasteiger partial charge >= 0.3 is 0 Å². The topological polar surface area (TPSA) is 12.9 Å². The normalized spacial score (nSPS) is 10.5. The Balaban J connectivity index is 2.55. The van der Waals surface area contributed by atoms with Gasteiger partial charge in [0.25, 0.3) is 0 Å². The number of rotatable bonds is 1. The monoisotopic (exact) mass is 267 g/mol. The Kier molecular flexibility index (Phi) is 2.70. The first-order chi connectivity index (χ1) is 6.68. The van der Waals surface area contributed by atoms with Crippen molar-refractivity contribution < 1.29 is 0 Å². The zero-order valence-electron chi connectivity index (χ0n) is 8.04. The molecule has 14 heavy (non-hydrogen) atoms. The number of nitrogens with zero attached hydrogens (tertiary/aromatic N) is 1. The smallest absolute Gasteiger partial charge is 0.0582 e. The fourth-order valence-electron chi connectivity index (χ4n) is 1.31. The van der Waals surface area contributed by atoms with Gasteiger partial charge in [-0.05, 0) is 48.6 Å². The molecule has 2 rings (SSSR count). The largest absolute Gasteiger partial charge is 0.197 e. The lowest BCUT2D eigenvalue weighted by atomic mass is 10.1. The van der Waals surface area contributed by atoms with E-state index in [-0.39, 0.29) is 0 Å². The second kappa shape index (κ2) is 3.83. The minimum atomic E-state index is 1.11. The first-order valence-electron chi connectivity index (χ1n) is 4.37. The molecule has 0 amide bonds. The molecular formula is C11H10BrNS. The third-order valence-corrected chi connectivity index (χ3v) is 3.83. The highest BCUT2D eigenvalue weighted by Gasteiger charge is 2.07. The molecule has 0 radical (unpaired) electrons. The van der Waals surface area contributed by atoms with Crippen LogP contribution in [0.3, 0.4) is 0 Å². The van der Waals surface area contributed by atoms with Gasteiger partial charge in [-0.25, -0.2) is 0 Å². The zero-order chi connectivity index (χ0) is 10.1. The van der Waals surface area contributed by atoms with E-state index in [0.717, 1.165) is 10.2 Å². The van der Waals surface area contributed by atoms with Crippen molar-refractivity contribution in [3.05, 3.63) is 40.0 Å². The number of benzene rings is 1. The van der Waals surface area contributed by atoms with E-state index < -0.39 is 0 Å². The first kappa shape index (κ1) is 9.87. The van der Waals surface area contributed by atoms with E-state index >= 15 is 0 Å². The molecule has 0 spiro atoms. The Morgan fingerprint density at radius 2 is 2.07 bits per heavy atom. The van der Waals surface area contributed by atoms with Crippen molar-refractivity contribution in [2.24, 2.45) is 0 Å². The Labute approximate surface area is 96.1 Å². The van der Waals surface area contributed by atoms with Gasteiger partial charge in [0, 0.05) is 4.47 Å². The summed E-state index contributed by atoms with van der Waals surface area (Å²) in [5.41, 5.74) is 3.65. The lowest BCUT2D eigenvalue weighted by molar-refractivity contribution is 1.28. The molecule has 0 bridgehead atoms. The number of hydrogen-bond acceptors (Lipinski definition) is 2. The molecule has 72 valence electrons. The molecule has 0 N–H and O–H groups in total. The summed E-state index contributed by atoms with van der Waals surface area (Å²) in [4.78, 5) is 1.27. The Hall–Kier alpha value is -0.670. The molecule has 0 aliphatic rings. The lowest BCUT2D eigenvalue weighted by Gasteiger charge is -1.99. The molecule has 2 aromatic rings. The molecule has 1 aromatic carbocycles. The van der Waals surface area contributed by atoms with Crippen LogP contribution in [0, 0.1) is 13.8 Å². The highest BCUT2D eigenvalue weighted by molar-refractivity contribution is 9.10. The summed E-state index contributed by atoms with van der Waals surface area (Å²) in [6.45, 7) is 4.17. The van der Waals surface area contributed by atoms with Crippen LogP contribution in [0.5, 0.6) is 0 Å². The van der Waals surface area contributed by atoms with Gasteiger partial charge in [0.15, 0.2) is 0 Å². The third kappa shape index (κ3) is 1.74. The summed E-state index contributed by atoms with van der Waals surface area (Å²) in [5.74, 6) is 0. The van der Waals surface area contributed by atoms with Crippen LogP contribution in [-0.4, -0.2) is 4.37 Å². The lowest BCUT2D eigenvalue weighted by Crippen LogP contribution is -1.78. The van der Waals surface area contributed by atoms with E-state index in [4.69, 9.17) is 0 Å². The fourth-order valence-corrected chi connectivity index (χ4v) is 2.60. The van der Waals surface area contributed by atoms with Crippen LogP contribution in [0.2, 0.25) is 0 Å². The zero-order valence-corrected chi connectivity index (χ0v) is 10.4. The van der Waals surface area contributed by atoms with Gasteiger partial charge in [-0.3, -0.25) is 0 Å². The second-order valence-electron chi connectivity index (χ2n) is 3.23. The molecule has 0 fully saturated rings. The van der Waals surface area contributed by atoms with Crippen molar-refractivity contribution in [3.63, 3.8) is 0 Å². The summed E-state index contributed by atoms with van der Waals surface area (Å²) in [6.07, 6.45) is 0. The van der Waals surface area contributed by atoms with Crippen LogP contribution >= 0.6 is 27.5 Å². The predicted molar refractivity (Wildman–Crippen MR) is 64.7 cm³/mol. The van der Waals surface area contributed by atoms with Crippen molar-refractivity contribution >= 4 is 27.5 Å². The molecule has 1 nitrogen and oxygen atoms in total. The highest BCUT2D eigenvalue weighted by Crippen LogP contribution is 2.30. The van der Waals surface area contributed by atoms with Crippen LogP contribution in [0.25, 0.3) is 10.4 Å². The number of halogens is 1. The molecule has 0 atom stereocenters. The SMILES string of the molecule is Cc1nsc(-c2cccc(Br)c2)c1C. The number of hydrogen-bond donors (Lipinski definition) is 0. The summed E-state index contributed by atoms with van der Waals surface area (Å²) >= 11 is 5.04. The quantitative estimate of drug-likeness (QED) is 0.755. The van der Waals surface area contributed by atoms with Crippen LogP contribution in [0.1, 0.15) is 11.3 Å². The standard InChI is InChI=1S/C11H10BrNS/c1-7-8(2)13-14-11(7)9-4-3-5-10(12)6-9/h3-6H,1-2H3. The molecular weight excluding hydrogens is 258 g/mol. The number of aryl methyl sites for hydroxylation is 1. The van der Waals surface area contributed by atoms with Crippen LogP contribution < -0.4 is 0 Å². The summed E-state index contributed by atoms with van der Waals surface area (Å²) in [5, 5.41) is 0. The van der Waals surface area contributed by atoms with Gasteiger partial charge in [0.2, 0.25) is 0 Å². The minimum absolute atomic E-state index is 1.11. The van der Waals surface area contributed by atoms with E-state index in [1.165, 1.54) is 16.0 Å². The molecule has 1 aromatic heterocycles. The van der Waals surface area contributed by atoms with Crippen molar-refractivity contribution in [2.45, 2.75) is 13.8 Å². The van der Waals surface area contributed by atoms with Crippen molar-refractivity contribution in [2.75, 3.05) is 0 Å². The van der Waals surface area contributed by atoms with Gasteiger partial charge in [-0.1, -0.05) is 28.1 Å². The fraction of sp³-hybridized carbons (Fsp3) is 0.182. The molecule has 3 heteroatoms. The van der Waals surface area contributed by atoms with Crippen LogP contribution in [-0.2, 0) is 0 Å². The molecule has 0 saturated carbocycles. The van der Waals surface area contributed by atoms with Gasteiger partial charge in [-0.15, -0.1) is 0 Å². The van der Waals surface area contributed by atoms with Gasteiger partial charge in [0.1, 0.15) is 0 Å². The van der Waals surface area contributed by atoms with E-state index in [1.54, 1.807) is 11.5 Å². The van der Waals surface area contributed by atoms with Gasteiger partial charge in [-0.2, -0.15) is 4.37 Å². The molecule has 1 heterocycles. The highest BCUT2D eigenvalue weighted by atomic mass is 79.9. The summed E-state index contributed by atoms with van der Waals surface area (Å²) < 4.78 is 5.46. The Bertz CT molecular complexity index is 462. The molecule has 0 aliphatic carbocycles. The molecule has 0 saturated heterocycles. The summed E-state index contributed by atoms with van der Waals surface area (Å²) in [6, 6.07) is 8.32. The third-order valence-electron chi connectivity index (χ3n) is 2.24. The van der Waals surface area contributed by atoms with Crippen molar-refractivity contribution in [1.29, 1.82) is 0 Å². The van der Waals surface area contributed by atoms with E-state index in [1.807, 2.05) is 19.1 Å². The van der Waals surface area contributed by atoms with E-state index in [9.17, 15) is 0 Å². The maximum atomic E-state index is 4.35. The average Bonchev–Trinajstić information content (AvgIpc) is 2.48. The maximum Gasteiger partial charge on any atom is 0.0582 e. The van der Waals surface area contributed by atoms with Gasteiger partial charge < -0.3 is 0 Å². The van der Waals surface area contributed by atoms with Crippen LogP contribution in [0.4, 0.5) is 0 Å².